The molecule has 1 heterocycles. The zero-order chi connectivity index (χ0) is 15.4. The van der Waals surface area contributed by atoms with Crippen LogP contribution in [0.1, 0.15) is 17.4 Å². The van der Waals surface area contributed by atoms with Gasteiger partial charge in [0.25, 0.3) is 0 Å². The Bertz CT molecular complexity index is 716. The molecule has 1 aliphatic rings. The number of benzene rings is 2. The summed E-state index contributed by atoms with van der Waals surface area (Å²) in [6.45, 7) is 3.17. The van der Waals surface area contributed by atoms with Gasteiger partial charge in [0.1, 0.15) is 6.01 Å². The Labute approximate surface area is 134 Å². The van der Waals surface area contributed by atoms with Gasteiger partial charge in [0.2, 0.25) is 0 Å². The molecular weight excluding hydrogens is 300 g/mol. The minimum absolute atomic E-state index is 0.432. The molecule has 3 rings (SSSR count). The third-order valence-corrected chi connectivity index (χ3v) is 3.48. The largest absolute Gasteiger partial charge is 0.346 e. The van der Waals surface area contributed by atoms with Crippen molar-refractivity contribution in [1.82, 2.24) is 0 Å². The van der Waals surface area contributed by atoms with Gasteiger partial charge < -0.3 is 9.47 Å². The van der Waals surface area contributed by atoms with E-state index in [9.17, 15) is 0 Å². The molecule has 1 aliphatic heterocycles. The summed E-state index contributed by atoms with van der Waals surface area (Å²) >= 11 is 6.04. The summed E-state index contributed by atoms with van der Waals surface area (Å²) in [5.41, 5.74) is 3.47. The molecule has 2 aromatic rings. The van der Waals surface area contributed by atoms with Gasteiger partial charge in [-0.25, -0.2) is 0 Å². The molecule has 0 spiro atoms. The van der Waals surface area contributed by atoms with E-state index in [0.717, 1.165) is 11.3 Å². The van der Waals surface area contributed by atoms with Gasteiger partial charge in [-0.15, -0.1) is 0 Å². The molecule has 0 N–H and O–H groups in total. The number of hydrogen-bond donors (Lipinski definition) is 0. The summed E-state index contributed by atoms with van der Waals surface area (Å²) in [5.74, 6) is 0. The number of hydrogen-bond acceptors (Lipinski definition) is 4. The molecule has 2 aromatic carbocycles. The molecule has 0 bridgehead atoms. The maximum absolute atomic E-state index is 6.04. The third kappa shape index (κ3) is 3.62. The highest BCUT2D eigenvalue weighted by molar-refractivity contribution is 6.30. The second kappa shape index (κ2) is 6.86. The SMILES string of the molecule is Cc1ccc(N=C=Nc2ccc(Cl)cc2C2OCCO2)cc1. The first-order valence-corrected chi connectivity index (χ1v) is 7.36. The highest BCUT2D eigenvalue weighted by atomic mass is 35.5. The maximum Gasteiger partial charge on any atom is 0.186 e. The van der Waals surface area contributed by atoms with E-state index in [4.69, 9.17) is 21.1 Å². The Balaban J connectivity index is 1.87. The molecule has 5 heteroatoms. The molecule has 22 heavy (non-hydrogen) atoms. The van der Waals surface area contributed by atoms with Crippen LogP contribution in [0.3, 0.4) is 0 Å². The summed E-state index contributed by atoms with van der Waals surface area (Å²) in [5, 5.41) is 0.614. The lowest BCUT2D eigenvalue weighted by molar-refractivity contribution is -0.0436. The molecule has 1 fully saturated rings. The van der Waals surface area contributed by atoms with Crippen molar-refractivity contribution in [3.63, 3.8) is 0 Å². The van der Waals surface area contributed by atoms with Crippen molar-refractivity contribution < 1.29 is 9.47 Å². The first kappa shape index (κ1) is 14.9. The molecule has 1 saturated heterocycles. The fraction of sp³-hybridized carbons (Fsp3) is 0.235. The molecule has 0 aliphatic carbocycles. The first-order chi connectivity index (χ1) is 10.7. The van der Waals surface area contributed by atoms with E-state index in [0.29, 0.717) is 23.9 Å². The average Bonchev–Trinajstić information content (AvgIpc) is 3.05. The molecule has 0 radical (unpaired) electrons. The fourth-order valence-electron chi connectivity index (χ4n) is 2.11. The quantitative estimate of drug-likeness (QED) is 0.761. The minimum Gasteiger partial charge on any atom is -0.346 e. The number of halogens is 1. The van der Waals surface area contributed by atoms with Gasteiger partial charge in [-0.3, -0.25) is 0 Å². The van der Waals surface area contributed by atoms with Crippen LogP contribution in [0, 0.1) is 6.92 Å². The molecule has 4 nitrogen and oxygen atoms in total. The minimum atomic E-state index is -0.432. The number of nitrogens with zero attached hydrogens (tertiary/aromatic N) is 2. The second-order valence-corrected chi connectivity index (χ2v) is 5.37. The number of aryl methyl sites for hydroxylation is 1. The van der Waals surface area contributed by atoms with E-state index in [1.807, 2.05) is 31.2 Å². The Hall–Kier alpha value is -1.97. The van der Waals surface area contributed by atoms with Gasteiger partial charge in [-0.05, 0) is 37.3 Å². The van der Waals surface area contributed by atoms with Crippen molar-refractivity contribution in [1.29, 1.82) is 0 Å². The van der Waals surface area contributed by atoms with Crippen molar-refractivity contribution in [2.75, 3.05) is 13.2 Å². The van der Waals surface area contributed by atoms with Gasteiger partial charge in [-0.2, -0.15) is 9.98 Å². The molecular formula is C17H15ClN2O2. The maximum atomic E-state index is 6.04. The van der Waals surface area contributed by atoms with Crippen LogP contribution in [-0.2, 0) is 9.47 Å². The highest BCUT2D eigenvalue weighted by Gasteiger charge is 2.21. The van der Waals surface area contributed by atoms with E-state index in [1.54, 1.807) is 18.2 Å². The van der Waals surface area contributed by atoms with E-state index in [1.165, 1.54) is 5.56 Å². The third-order valence-electron chi connectivity index (χ3n) is 3.25. The summed E-state index contributed by atoms with van der Waals surface area (Å²) in [4.78, 5) is 8.48. The monoisotopic (exact) mass is 314 g/mol. The van der Waals surface area contributed by atoms with Gasteiger partial charge >= 0.3 is 0 Å². The number of rotatable bonds is 3. The van der Waals surface area contributed by atoms with Gasteiger partial charge in [0, 0.05) is 10.6 Å². The van der Waals surface area contributed by atoms with Gasteiger partial charge in [0.15, 0.2) is 6.29 Å². The van der Waals surface area contributed by atoms with Crippen LogP contribution in [0.2, 0.25) is 5.02 Å². The lowest BCUT2D eigenvalue weighted by atomic mass is 10.2. The predicted octanol–water partition coefficient (Wildman–Crippen LogP) is 4.83. The van der Waals surface area contributed by atoms with E-state index in [-0.39, 0.29) is 0 Å². The van der Waals surface area contributed by atoms with E-state index < -0.39 is 6.29 Å². The van der Waals surface area contributed by atoms with Gasteiger partial charge in [0.05, 0.1) is 24.6 Å². The Morgan fingerprint density at radius 1 is 1.05 bits per heavy atom. The first-order valence-electron chi connectivity index (χ1n) is 6.98. The normalized spacial score (nSPS) is 14.6. The molecule has 0 saturated carbocycles. The van der Waals surface area contributed by atoms with Crippen LogP contribution in [0.4, 0.5) is 11.4 Å². The highest BCUT2D eigenvalue weighted by Crippen LogP contribution is 2.33. The van der Waals surface area contributed by atoms with Crippen molar-refractivity contribution >= 4 is 29.0 Å². The summed E-state index contributed by atoms with van der Waals surface area (Å²) in [6.07, 6.45) is -0.432. The number of aliphatic imine (C=N–C) groups is 2. The van der Waals surface area contributed by atoms with Crippen molar-refractivity contribution in [2.24, 2.45) is 9.98 Å². The summed E-state index contributed by atoms with van der Waals surface area (Å²) in [7, 11) is 0. The Kier molecular flexibility index (Phi) is 4.66. The van der Waals surface area contributed by atoms with Crippen LogP contribution in [0.15, 0.2) is 52.4 Å². The molecule has 0 atom stereocenters. The standard InChI is InChI=1S/C17H15ClN2O2/c1-12-2-5-14(6-3-12)19-11-20-16-7-4-13(18)10-15(16)17-21-8-9-22-17/h2-7,10,17H,8-9H2,1H3. The molecule has 0 amide bonds. The lowest BCUT2D eigenvalue weighted by Crippen LogP contribution is -1.98. The van der Waals surface area contributed by atoms with E-state index >= 15 is 0 Å². The van der Waals surface area contributed by atoms with Crippen molar-refractivity contribution in [2.45, 2.75) is 13.2 Å². The zero-order valence-electron chi connectivity index (χ0n) is 12.1. The molecule has 0 unspecified atom stereocenters. The van der Waals surface area contributed by atoms with Crippen molar-refractivity contribution in [3.05, 3.63) is 58.6 Å². The zero-order valence-corrected chi connectivity index (χ0v) is 12.9. The van der Waals surface area contributed by atoms with Crippen LogP contribution in [-0.4, -0.2) is 19.2 Å². The van der Waals surface area contributed by atoms with Crippen LogP contribution in [0.25, 0.3) is 0 Å². The van der Waals surface area contributed by atoms with Crippen molar-refractivity contribution in [3.8, 4) is 0 Å². The van der Waals surface area contributed by atoms with Crippen LogP contribution >= 0.6 is 11.6 Å². The molecule has 112 valence electrons. The van der Waals surface area contributed by atoms with E-state index in [2.05, 4.69) is 16.0 Å². The van der Waals surface area contributed by atoms with Gasteiger partial charge in [-0.1, -0.05) is 29.3 Å². The Morgan fingerprint density at radius 3 is 2.50 bits per heavy atom. The molecule has 0 aromatic heterocycles. The topological polar surface area (TPSA) is 43.2 Å². The Morgan fingerprint density at radius 2 is 1.77 bits per heavy atom. The summed E-state index contributed by atoms with van der Waals surface area (Å²) in [6, 6.07) is 15.9. The average molecular weight is 315 g/mol. The van der Waals surface area contributed by atoms with Crippen LogP contribution in [0.5, 0.6) is 0 Å². The van der Waals surface area contributed by atoms with Crippen LogP contribution < -0.4 is 0 Å². The number of ether oxygens (including phenoxy) is 2. The predicted molar refractivity (Wildman–Crippen MR) is 86.5 cm³/mol. The lowest BCUT2D eigenvalue weighted by Gasteiger charge is -2.11. The smallest absolute Gasteiger partial charge is 0.186 e. The fourth-order valence-corrected chi connectivity index (χ4v) is 2.29. The second-order valence-electron chi connectivity index (χ2n) is 4.94. The summed E-state index contributed by atoms with van der Waals surface area (Å²) < 4.78 is 11.0.